The molecule has 3 aromatic carbocycles. The van der Waals surface area contributed by atoms with E-state index in [9.17, 15) is 0 Å². The van der Waals surface area contributed by atoms with E-state index in [1.54, 1.807) is 13.4 Å². The third-order valence-electron chi connectivity index (χ3n) is 6.48. The van der Waals surface area contributed by atoms with Gasteiger partial charge in [0.1, 0.15) is 12.2 Å². The number of ether oxygens (including phenoxy) is 6. The summed E-state index contributed by atoms with van der Waals surface area (Å²) >= 11 is 0. The van der Waals surface area contributed by atoms with Crippen molar-refractivity contribution in [1.82, 2.24) is 0 Å². The van der Waals surface area contributed by atoms with E-state index in [-0.39, 0.29) is 0 Å². The SMILES string of the molecule is CO[C@@H]1O[C@@]2(CC=CO2)C(OCc2ccccc2)C(OCc2ccccc2)[C@H]1OCc1ccccc1. The van der Waals surface area contributed by atoms with Crippen LogP contribution in [0.1, 0.15) is 23.1 Å². The third-order valence-corrected chi connectivity index (χ3v) is 6.48. The van der Waals surface area contributed by atoms with E-state index >= 15 is 0 Å². The molecule has 1 saturated heterocycles. The predicted molar refractivity (Wildman–Crippen MR) is 135 cm³/mol. The van der Waals surface area contributed by atoms with Gasteiger partial charge in [-0.2, -0.15) is 0 Å². The molecule has 5 rings (SSSR count). The molecule has 6 heteroatoms. The molecule has 5 atom stereocenters. The van der Waals surface area contributed by atoms with Crippen molar-refractivity contribution in [3.63, 3.8) is 0 Å². The lowest BCUT2D eigenvalue weighted by molar-refractivity contribution is -0.398. The highest BCUT2D eigenvalue weighted by molar-refractivity contribution is 5.16. The van der Waals surface area contributed by atoms with E-state index in [2.05, 4.69) is 0 Å². The largest absolute Gasteiger partial charge is 0.467 e. The van der Waals surface area contributed by atoms with Crippen molar-refractivity contribution in [2.24, 2.45) is 0 Å². The van der Waals surface area contributed by atoms with Crippen LogP contribution in [0.4, 0.5) is 0 Å². The van der Waals surface area contributed by atoms with Gasteiger partial charge in [-0.3, -0.25) is 0 Å². The van der Waals surface area contributed by atoms with E-state index in [0.29, 0.717) is 26.2 Å². The molecular weight excluding hydrogens is 456 g/mol. The molecular formula is C30H32O6. The minimum absolute atomic E-state index is 0.383. The zero-order valence-corrected chi connectivity index (χ0v) is 20.4. The van der Waals surface area contributed by atoms with Gasteiger partial charge in [0, 0.05) is 13.5 Å². The van der Waals surface area contributed by atoms with Crippen LogP contribution in [-0.4, -0.2) is 37.5 Å². The summed E-state index contributed by atoms with van der Waals surface area (Å²) in [6.07, 6.45) is 1.78. The molecule has 3 aromatic rings. The molecule has 6 nitrogen and oxygen atoms in total. The second kappa shape index (κ2) is 11.8. The topological polar surface area (TPSA) is 55.4 Å². The zero-order chi connectivity index (χ0) is 24.6. The van der Waals surface area contributed by atoms with Crippen LogP contribution < -0.4 is 0 Å². The second-order valence-corrected chi connectivity index (χ2v) is 8.97. The van der Waals surface area contributed by atoms with Crippen molar-refractivity contribution in [3.8, 4) is 0 Å². The fourth-order valence-corrected chi connectivity index (χ4v) is 4.64. The van der Waals surface area contributed by atoms with Gasteiger partial charge in [0.25, 0.3) is 0 Å². The van der Waals surface area contributed by atoms with Crippen molar-refractivity contribution in [2.45, 2.75) is 56.6 Å². The van der Waals surface area contributed by atoms with E-state index in [4.69, 9.17) is 28.4 Å². The minimum Gasteiger partial charge on any atom is -0.467 e. The van der Waals surface area contributed by atoms with Gasteiger partial charge < -0.3 is 28.4 Å². The Morgan fingerprint density at radius 2 is 1.19 bits per heavy atom. The quantitative estimate of drug-likeness (QED) is 0.382. The molecule has 0 amide bonds. The summed E-state index contributed by atoms with van der Waals surface area (Å²) in [7, 11) is 1.61. The Morgan fingerprint density at radius 1 is 0.694 bits per heavy atom. The van der Waals surface area contributed by atoms with Gasteiger partial charge in [0.05, 0.1) is 26.1 Å². The van der Waals surface area contributed by atoms with Crippen molar-refractivity contribution in [3.05, 3.63) is 120 Å². The van der Waals surface area contributed by atoms with E-state index < -0.39 is 30.4 Å². The number of methoxy groups -OCH3 is 1. The van der Waals surface area contributed by atoms with Crippen molar-refractivity contribution >= 4 is 0 Å². The van der Waals surface area contributed by atoms with Crippen LogP contribution in [0.2, 0.25) is 0 Å². The Kier molecular flexibility index (Phi) is 8.11. The van der Waals surface area contributed by atoms with Crippen LogP contribution in [0, 0.1) is 0 Å². The van der Waals surface area contributed by atoms with Gasteiger partial charge in [-0.25, -0.2) is 0 Å². The maximum atomic E-state index is 6.57. The summed E-state index contributed by atoms with van der Waals surface area (Å²) in [6.45, 7) is 1.16. The molecule has 0 radical (unpaired) electrons. The highest BCUT2D eigenvalue weighted by atomic mass is 16.8. The fraction of sp³-hybridized carbons (Fsp3) is 0.333. The first-order chi connectivity index (χ1) is 17.8. The standard InChI is InChI=1S/C30H32O6/c1-31-29-27(33-21-24-14-7-3-8-15-24)26(32-20-23-12-5-2-6-13-23)28(30(36-29)18-11-19-35-30)34-22-25-16-9-4-10-17-25/h2-17,19,26-29H,18,20-22H2,1H3/t26?,27-,28?,29-,30+/m1/s1. The Labute approximate surface area is 212 Å². The van der Waals surface area contributed by atoms with Crippen LogP contribution in [0.25, 0.3) is 0 Å². The van der Waals surface area contributed by atoms with Crippen molar-refractivity contribution < 1.29 is 28.4 Å². The first-order valence-corrected chi connectivity index (χ1v) is 12.3. The Bertz CT molecular complexity index is 1080. The van der Waals surface area contributed by atoms with E-state index in [1.807, 2.05) is 97.1 Å². The van der Waals surface area contributed by atoms with Gasteiger partial charge in [0.2, 0.25) is 5.79 Å². The van der Waals surface area contributed by atoms with Crippen molar-refractivity contribution in [1.29, 1.82) is 0 Å². The summed E-state index contributed by atoms with van der Waals surface area (Å²) in [6, 6.07) is 30.1. The van der Waals surface area contributed by atoms with E-state index in [0.717, 1.165) is 16.7 Å². The van der Waals surface area contributed by atoms with Crippen LogP contribution in [0.5, 0.6) is 0 Å². The lowest BCUT2D eigenvalue weighted by atomic mass is 9.93. The molecule has 0 aromatic heterocycles. The summed E-state index contributed by atoms with van der Waals surface area (Å²) in [5, 5.41) is 0. The van der Waals surface area contributed by atoms with Crippen LogP contribution in [0.3, 0.4) is 0 Å². The number of rotatable bonds is 10. The smallest absolute Gasteiger partial charge is 0.244 e. The lowest BCUT2D eigenvalue weighted by Gasteiger charge is -2.49. The van der Waals surface area contributed by atoms with E-state index in [1.165, 1.54) is 0 Å². The van der Waals surface area contributed by atoms with Gasteiger partial charge in [-0.05, 0) is 22.8 Å². The predicted octanol–water partition coefficient (Wildman–Crippen LogP) is 5.38. The minimum atomic E-state index is -1.07. The van der Waals surface area contributed by atoms with Crippen LogP contribution >= 0.6 is 0 Å². The highest BCUT2D eigenvalue weighted by Crippen LogP contribution is 2.42. The van der Waals surface area contributed by atoms with Crippen LogP contribution in [-0.2, 0) is 48.2 Å². The zero-order valence-electron chi connectivity index (χ0n) is 20.4. The first-order valence-electron chi connectivity index (χ1n) is 12.3. The lowest BCUT2D eigenvalue weighted by Crippen LogP contribution is -2.66. The van der Waals surface area contributed by atoms with Gasteiger partial charge in [-0.1, -0.05) is 91.0 Å². The molecule has 0 N–H and O–H groups in total. The van der Waals surface area contributed by atoms with Gasteiger partial charge in [0.15, 0.2) is 12.4 Å². The summed E-state index contributed by atoms with van der Waals surface area (Å²) in [5.41, 5.74) is 3.16. The summed E-state index contributed by atoms with van der Waals surface area (Å²) < 4.78 is 37.8. The second-order valence-electron chi connectivity index (χ2n) is 8.97. The monoisotopic (exact) mass is 488 g/mol. The van der Waals surface area contributed by atoms with Gasteiger partial charge in [-0.15, -0.1) is 0 Å². The highest BCUT2D eigenvalue weighted by Gasteiger charge is 2.59. The molecule has 1 spiro atoms. The summed E-state index contributed by atoms with van der Waals surface area (Å²) in [4.78, 5) is 0. The fourth-order valence-electron chi connectivity index (χ4n) is 4.64. The molecule has 0 aliphatic carbocycles. The average Bonchev–Trinajstić information content (AvgIpc) is 3.41. The maximum absolute atomic E-state index is 6.57. The maximum Gasteiger partial charge on any atom is 0.244 e. The molecule has 2 heterocycles. The van der Waals surface area contributed by atoms with Crippen LogP contribution in [0.15, 0.2) is 103 Å². The molecule has 2 aliphatic heterocycles. The average molecular weight is 489 g/mol. The Morgan fingerprint density at radius 3 is 1.67 bits per heavy atom. The number of hydrogen-bond acceptors (Lipinski definition) is 6. The van der Waals surface area contributed by atoms with Gasteiger partial charge >= 0.3 is 0 Å². The number of benzene rings is 3. The summed E-state index contributed by atoms with van der Waals surface area (Å²) in [5.74, 6) is -1.07. The normalized spacial score (nSPS) is 27.2. The molecule has 2 unspecified atom stereocenters. The molecule has 0 bridgehead atoms. The van der Waals surface area contributed by atoms with Crippen molar-refractivity contribution in [2.75, 3.05) is 7.11 Å². The molecule has 188 valence electrons. The molecule has 1 fully saturated rings. The Balaban J connectivity index is 1.43. The third kappa shape index (κ3) is 5.69. The Hall–Kier alpha value is -3.00. The molecule has 0 saturated carbocycles. The first kappa shape index (κ1) is 24.7. The molecule has 2 aliphatic rings. The number of hydrogen-bond donors (Lipinski definition) is 0. The molecule has 36 heavy (non-hydrogen) atoms.